The first-order valence-electron chi connectivity index (χ1n) is 9.05. The van der Waals surface area contributed by atoms with Crippen LogP contribution in [0, 0.1) is 5.92 Å². The molecule has 0 aromatic heterocycles. The standard InChI is InChI=1S/C20H30N2O3/c1-13(22-19(25)15-6-5-7-15)18(24)21-12-17(23)14-8-10-16(11-9-14)20(2,3)4/h8-11,13,15,17,23H,5-7,12H2,1-4H3,(H,21,24)(H,22,25)/t13-,17-/m1/s1. The highest BCUT2D eigenvalue weighted by Crippen LogP contribution is 2.26. The molecule has 25 heavy (non-hydrogen) atoms. The van der Waals surface area contributed by atoms with E-state index >= 15 is 0 Å². The molecule has 5 heteroatoms. The van der Waals surface area contributed by atoms with Crippen molar-refractivity contribution in [2.45, 2.75) is 64.5 Å². The third-order valence-electron chi connectivity index (χ3n) is 4.86. The highest BCUT2D eigenvalue weighted by atomic mass is 16.3. The van der Waals surface area contributed by atoms with Crippen molar-refractivity contribution in [1.29, 1.82) is 0 Å². The Hall–Kier alpha value is -1.88. The van der Waals surface area contributed by atoms with Crippen LogP contribution in [0.1, 0.15) is 64.2 Å². The average Bonchev–Trinajstić information content (AvgIpc) is 2.49. The maximum atomic E-state index is 12.1. The first-order chi connectivity index (χ1) is 11.7. The second kappa shape index (κ2) is 8.00. The van der Waals surface area contributed by atoms with Gasteiger partial charge in [0, 0.05) is 12.5 Å². The molecule has 1 saturated carbocycles. The normalized spacial score (nSPS) is 17.3. The smallest absolute Gasteiger partial charge is 0.242 e. The van der Waals surface area contributed by atoms with Crippen LogP contribution in [0.2, 0.25) is 0 Å². The third-order valence-corrected chi connectivity index (χ3v) is 4.86. The summed E-state index contributed by atoms with van der Waals surface area (Å²) in [6.45, 7) is 8.20. The van der Waals surface area contributed by atoms with E-state index in [-0.39, 0.29) is 29.7 Å². The minimum absolute atomic E-state index is 0.0489. The van der Waals surface area contributed by atoms with E-state index < -0.39 is 12.1 Å². The molecule has 0 bridgehead atoms. The quantitative estimate of drug-likeness (QED) is 0.740. The predicted molar refractivity (Wildman–Crippen MR) is 98.1 cm³/mol. The van der Waals surface area contributed by atoms with Crippen LogP contribution in [-0.4, -0.2) is 29.5 Å². The number of carbonyl (C=O) groups is 2. The molecule has 0 spiro atoms. The SMILES string of the molecule is C[C@@H](NC(=O)C1CCC1)C(=O)NC[C@@H](O)c1ccc(C(C)(C)C)cc1. The van der Waals surface area contributed by atoms with Crippen LogP contribution in [0.25, 0.3) is 0 Å². The van der Waals surface area contributed by atoms with Crippen molar-refractivity contribution in [3.63, 3.8) is 0 Å². The molecule has 138 valence electrons. The highest BCUT2D eigenvalue weighted by molar-refractivity contribution is 5.88. The number of hydrogen-bond acceptors (Lipinski definition) is 3. The lowest BCUT2D eigenvalue weighted by Gasteiger charge is -2.26. The number of amides is 2. The zero-order valence-electron chi connectivity index (χ0n) is 15.6. The van der Waals surface area contributed by atoms with E-state index in [1.54, 1.807) is 6.92 Å². The van der Waals surface area contributed by atoms with Gasteiger partial charge in [-0.3, -0.25) is 9.59 Å². The summed E-state index contributed by atoms with van der Waals surface area (Å²) in [5.41, 5.74) is 2.02. The molecule has 3 N–H and O–H groups in total. The lowest BCUT2D eigenvalue weighted by Crippen LogP contribution is -2.48. The van der Waals surface area contributed by atoms with E-state index in [1.807, 2.05) is 24.3 Å². The molecule has 0 aliphatic heterocycles. The van der Waals surface area contributed by atoms with Crippen molar-refractivity contribution >= 4 is 11.8 Å². The van der Waals surface area contributed by atoms with Gasteiger partial charge in [-0.1, -0.05) is 51.5 Å². The van der Waals surface area contributed by atoms with Gasteiger partial charge in [-0.2, -0.15) is 0 Å². The largest absolute Gasteiger partial charge is 0.387 e. The highest BCUT2D eigenvalue weighted by Gasteiger charge is 2.27. The molecule has 1 aromatic carbocycles. The zero-order valence-corrected chi connectivity index (χ0v) is 15.6. The molecule has 0 unspecified atom stereocenters. The Balaban J connectivity index is 1.81. The molecular weight excluding hydrogens is 316 g/mol. The minimum atomic E-state index is -0.771. The molecule has 1 aliphatic rings. The molecule has 1 aliphatic carbocycles. The minimum Gasteiger partial charge on any atom is -0.387 e. The van der Waals surface area contributed by atoms with E-state index in [2.05, 4.69) is 31.4 Å². The Morgan fingerprint density at radius 2 is 1.80 bits per heavy atom. The summed E-state index contributed by atoms with van der Waals surface area (Å²) in [6.07, 6.45) is 2.12. The predicted octanol–water partition coefficient (Wildman–Crippen LogP) is 2.44. The van der Waals surface area contributed by atoms with Crippen molar-refractivity contribution in [2.75, 3.05) is 6.54 Å². The van der Waals surface area contributed by atoms with Crippen LogP contribution in [-0.2, 0) is 15.0 Å². The van der Waals surface area contributed by atoms with E-state index in [1.165, 1.54) is 5.56 Å². The van der Waals surface area contributed by atoms with Gasteiger partial charge in [-0.15, -0.1) is 0 Å². The lowest BCUT2D eigenvalue weighted by atomic mass is 9.84. The number of aliphatic hydroxyl groups is 1. The van der Waals surface area contributed by atoms with E-state index in [0.717, 1.165) is 24.8 Å². The average molecular weight is 346 g/mol. The Bertz CT molecular complexity index is 600. The fraction of sp³-hybridized carbons (Fsp3) is 0.600. The summed E-state index contributed by atoms with van der Waals surface area (Å²) in [4.78, 5) is 24.0. The summed E-state index contributed by atoms with van der Waals surface area (Å²) < 4.78 is 0. The molecule has 0 heterocycles. The van der Waals surface area contributed by atoms with Gasteiger partial charge in [0.2, 0.25) is 11.8 Å². The van der Waals surface area contributed by atoms with Gasteiger partial charge in [-0.25, -0.2) is 0 Å². The van der Waals surface area contributed by atoms with Gasteiger partial charge in [0.1, 0.15) is 6.04 Å². The second-order valence-electron chi connectivity index (χ2n) is 7.99. The van der Waals surface area contributed by atoms with Crippen LogP contribution < -0.4 is 10.6 Å². The third kappa shape index (κ3) is 5.30. The van der Waals surface area contributed by atoms with Crippen molar-refractivity contribution in [2.24, 2.45) is 5.92 Å². The molecule has 2 atom stereocenters. The molecule has 2 amide bonds. The fourth-order valence-corrected chi connectivity index (χ4v) is 2.74. The lowest BCUT2D eigenvalue weighted by molar-refractivity contribution is -0.132. The van der Waals surface area contributed by atoms with Crippen molar-refractivity contribution < 1.29 is 14.7 Å². The Morgan fingerprint density at radius 3 is 2.28 bits per heavy atom. The van der Waals surface area contributed by atoms with Crippen LogP contribution >= 0.6 is 0 Å². The number of rotatable bonds is 6. The van der Waals surface area contributed by atoms with Gasteiger partial charge in [0.05, 0.1) is 6.10 Å². The van der Waals surface area contributed by atoms with Crippen molar-refractivity contribution in [3.8, 4) is 0 Å². The van der Waals surface area contributed by atoms with Gasteiger partial charge in [0.15, 0.2) is 0 Å². The van der Waals surface area contributed by atoms with Crippen LogP contribution in [0.5, 0.6) is 0 Å². The number of hydrogen-bond donors (Lipinski definition) is 3. The summed E-state index contributed by atoms with van der Waals surface area (Å²) >= 11 is 0. The Kier molecular flexibility index (Phi) is 6.22. The van der Waals surface area contributed by atoms with E-state index in [0.29, 0.717) is 0 Å². The number of benzene rings is 1. The first kappa shape index (κ1) is 19.4. The summed E-state index contributed by atoms with van der Waals surface area (Å²) in [6, 6.07) is 7.19. The number of aliphatic hydroxyl groups excluding tert-OH is 1. The molecule has 2 rings (SSSR count). The first-order valence-corrected chi connectivity index (χ1v) is 9.05. The summed E-state index contributed by atoms with van der Waals surface area (Å²) in [5.74, 6) is -0.271. The Morgan fingerprint density at radius 1 is 1.20 bits per heavy atom. The monoisotopic (exact) mass is 346 g/mol. The van der Waals surface area contributed by atoms with Gasteiger partial charge in [0.25, 0.3) is 0 Å². The zero-order chi connectivity index (χ0) is 18.6. The molecule has 1 fully saturated rings. The van der Waals surface area contributed by atoms with Crippen molar-refractivity contribution in [3.05, 3.63) is 35.4 Å². The van der Waals surface area contributed by atoms with Gasteiger partial charge >= 0.3 is 0 Å². The van der Waals surface area contributed by atoms with E-state index in [4.69, 9.17) is 0 Å². The molecule has 5 nitrogen and oxygen atoms in total. The molecule has 0 radical (unpaired) electrons. The van der Waals surface area contributed by atoms with Crippen LogP contribution in [0.15, 0.2) is 24.3 Å². The molecular formula is C20H30N2O3. The summed E-state index contributed by atoms with van der Waals surface area (Å²) in [7, 11) is 0. The molecule has 1 aromatic rings. The van der Waals surface area contributed by atoms with Gasteiger partial charge < -0.3 is 15.7 Å². The number of carbonyl (C=O) groups excluding carboxylic acids is 2. The second-order valence-corrected chi connectivity index (χ2v) is 7.99. The van der Waals surface area contributed by atoms with Crippen LogP contribution in [0.3, 0.4) is 0 Å². The maximum Gasteiger partial charge on any atom is 0.242 e. The molecule has 0 saturated heterocycles. The van der Waals surface area contributed by atoms with Crippen LogP contribution in [0.4, 0.5) is 0 Å². The maximum absolute atomic E-state index is 12.1. The fourth-order valence-electron chi connectivity index (χ4n) is 2.74. The van der Waals surface area contributed by atoms with Gasteiger partial charge in [-0.05, 0) is 36.3 Å². The van der Waals surface area contributed by atoms with Crippen molar-refractivity contribution in [1.82, 2.24) is 10.6 Å². The summed E-state index contributed by atoms with van der Waals surface area (Å²) in [5, 5.41) is 15.7. The Labute approximate surface area is 150 Å². The number of nitrogens with one attached hydrogen (secondary N) is 2. The van der Waals surface area contributed by atoms with E-state index in [9.17, 15) is 14.7 Å². The topological polar surface area (TPSA) is 78.4 Å².